The van der Waals surface area contributed by atoms with E-state index in [4.69, 9.17) is 4.74 Å². The highest BCUT2D eigenvalue weighted by atomic mass is 19.1. The Kier molecular flexibility index (Phi) is 5.03. The van der Waals surface area contributed by atoms with Crippen molar-refractivity contribution in [2.45, 2.75) is 13.3 Å². The second-order valence-electron chi connectivity index (χ2n) is 5.34. The summed E-state index contributed by atoms with van der Waals surface area (Å²) in [4.78, 5) is 14.8. The van der Waals surface area contributed by atoms with Gasteiger partial charge in [-0.1, -0.05) is 18.2 Å². The van der Waals surface area contributed by atoms with Gasteiger partial charge < -0.3 is 10.1 Å². The summed E-state index contributed by atoms with van der Waals surface area (Å²) in [5.41, 5.74) is 1.36. The lowest BCUT2D eigenvalue weighted by molar-refractivity contribution is 0.340. The van der Waals surface area contributed by atoms with Crippen molar-refractivity contribution < 1.29 is 9.13 Å². The number of hydrogen-bond acceptors (Lipinski definition) is 5. The SMILES string of the molecule is CCOc1ccc(Cc2nnc(Nc3cccc(F)c3)[nH]c2=O)cc1. The molecule has 0 unspecified atom stereocenters. The average molecular weight is 340 g/mol. The van der Waals surface area contributed by atoms with Crippen LogP contribution in [0.2, 0.25) is 0 Å². The molecule has 1 heterocycles. The van der Waals surface area contributed by atoms with Crippen molar-refractivity contribution >= 4 is 11.6 Å². The third-order valence-electron chi connectivity index (χ3n) is 3.46. The van der Waals surface area contributed by atoms with Gasteiger partial charge in [0.15, 0.2) is 0 Å². The van der Waals surface area contributed by atoms with Gasteiger partial charge in [0, 0.05) is 12.1 Å². The number of hydrogen-bond donors (Lipinski definition) is 2. The van der Waals surface area contributed by atoms with Crippen molar-refractivity contribution in [3.8, 4) is 5.75 Å². The predicted molar refractivity (Wildman–Crippen MR) is 92.8 cm³/mol. The van der Waals surface area contributed by atoms with Crippen molar-refractivity contribution in [3.63, 3.8) is 0 Å². The minimum atomic E-state index is -0.382. The molecule has 2 N–H and O–H groups in total. The van der Waals surface area contributed by atoms with Crippen LogP contribution >= 0.6 is 0 Å². The minimum Gasteiger partial charge on any atom is -0.494 e. The van der Waals surface area contributed by atoms with Gasteiger partial charge in [0.25, 0.3) is 5.56 Å². The van der Waals surface area contributed by atoms with Crippen LogP contribution in [0.5, 0.6) is 5.75 Å². The quantitative estimate of drug-likeness (QED) is 0.721. The fourth-order valence-electron chi connectivity index (χ4n) is 2.30. The first kappa shape index (κ1) is 16.6. The van der Waals surface area contributed by atoms with Crippen molar-refractivity contribution in [3.05, 3.63) is 76.0 Å². The summed E-state index contributed by atoms with van der Waals surface area (Å²) in [5.74, 6) is 0.555. The molecule has 0 amide bonds. The fraction of sp³-hybridized carbons (Fsp3) is 0.167. The normalized spacial score (nSPS) is 10.5. The molecule has 3 aromatic rings. The Bertz CT molecular complexity index is 909. The molecule has 0 saturated carbocycles. The second-order valence-corrected chi connectivity index (χ2v) is 5.34. The van der Waals surface area contributed by atoms with Crippen LogP contribution in [0.3, 0.4) is 0 Å². The summed E-state index contributed by atoms with van der Waals surface area (Å²) in [5, 5.41) is 10.7. The summed E-state index contributed by atoms with van der Waals surface area (Å²) >= 11 is 0. The van der Waals surface area contributed by atoms with E-state index in [-0.39, 0.29) is 17.3 Å². The molecule has 0 fully saturated rings. The molecule has 0 aliphatic carbocycles. The third-order valence-corrected chi connectivity index (χ3v) is 3.46. The molecule has 1 aromatic heterocycles. The van der Waals surface area contributed by atoms with Crippen LogP contribution in [0.15, 0.2) is 53.3 Å². The molecule has 25 heavy (non-hydrogen) atoms. The Labute approximate surface area is 143 Å². The topological polar surface area (TPSA) is 79.9 Å². The number of benzene rings is 2. The van der Waals surface area contributed by atoms with Gasteiger partial charge in [0.2, 0.25) is 5.95 Å². The van der Waals surface area contributed by atoms with Crippen molar-refractivity contribution in [2.75, 3.05) is 11.9 Å². The summed E-state index contributed by atoms with van der Waals surface area (Å²) in [6, 6.07) is 13.3. The smallest absolute Gasteiger partial charge is 0.274 e. The summed E-state index contributed by atoms with van der Waals surface area (Å²) in [6.07, 6.45) is 0.356. The first-order chi connectivity index (χ1) is 12.1. The molecule has 0 aliphatic rings. The highest BCUT2D eigenvalue weighted by Gasteiger charge is 2.07. The highest BCUT2D eigenvalue weighted by Crippen LogP contribution is 2.14. The van der Waals surface area contributed by atoms with Crippen LogP contribution < -0.4 is 15.6 Å². The zero-order valence-electron chi connectivity index (χ0n) is 13.6. The fourth-order valence-corrected chi connectivity index (χ4v) is 2.30. The van der Waals surface area contributed by atoms with Gasteiger partial charge in [-0.05, 0) is 42.8 Å². The molecule has 3 rings (SSSR count). The number of H-pyrrole nitrogens is 1. The molecule has 7 heteroatoms. The van der Waals surface area contributed by atoms with E-state index in [9.17, 15) is 9.18 Å². The number of halogens is 1. The van der Waals surface area contributed by atoms with Gasteiger partial charge in [0.05, 0.1) is 6.61 Å². The second kappa shape index (κ2) is 7.57. The van der Waals surface area contributed by atoms with Crippen molar-refractivity contribution in [1.82, 2.24) is 15.2 Å². The Morgan fingerprint density at radius 2 is 1.96 bits per heavy atom. The lowest BCUT2D eigenvalue weighted by Crippen LogP contribution is -2.18. The number of aromatic amines is 1. The van der Waals surface area contributed by atoms with E-state index in [0.29, 0.717) is 24.4 Å². The number of aromatic nitrogens is 3. The van der Waals surface area contributed by atoms with Gasteiger partial charge in [-0.25, -0.2) is 4.39 Å². The number of nitrogens with one attached hydrogen (secondary N) is 2. The molecular weight excluding hydrogens is 323 g/mol. The lowest BCUT2D eigenvalue weighted by Gasteiger charge is -2.06. The summed E-state index contributed by atoms with van der Waals surface area (Å²) in [7, 11) is 0. The molecule has 0 bridgehead atoms. The number of nitrogens with zero attached hydrogens (tertiary/aromatic N) is 2. The van der Waals surface area contributed by atoms with Gasteiger partial charge in [-0.3, -0.25) is 9.78 Å². The van der Waals surface area contributed by atoms with Crippen molar-refractivity contribution in [1.29, 1.82) is 0 Å². The molecule has 0 spiro atoms. The Morgan fingerprint density at radius 1 is 1.16 bits per heavy atom. The first-order valence-corrected chi connectivity index (χ1v) is 7.84. The van der Waals surface area contributed by atoms with E-state index < -0.39 is 0 Å². The van der Waals surface area contributed by atoms with Gasteiger partial charge in [0.1, 0.15) is 17.3 Å². The molecule has 2 aromatic carbocycles. The monoisotopic (exact) mass is 340 g/mol. The van der Waals surface area contributed by atoms with E-state index >= 15 is 0 Å². The molecule has 0 aliphatic heterocycles. The Balaban J connectivity index is 1.72. The van der Waals surface area contributed by atoms with Crippen LogP contribution in [0, 0.1) is 5.82 Å². The van der Waals surface area contributed by atoms with Crippen molar-refractivity contribution in [2.24, 2.45) is 0 Å². The van der Waals surface area contributed by atoms with Crippen LogP contribution in [0.1, 0.15) is 18.2 Å². The van der Waals surface area contributed by atoms with Gasteiger partial charge in [-0.2, -0.15) is 0 Å². The maximum absolute atomic E-state index is 13.2. The minimum absolute atomic E-state index is 0.158. The molecule has 0 atom stereocenters. The largest absolute Gasteiger partial charge is 0.494 e. The van der Waals surface area contributed by atoms with E-state index in [1.54, 1.807) is 12.1 Å². The standard InChI is InChI=1S/C18H17FN4O2/c1-2-25-15-8-6-12(7-9-15)10-16-17(24)21-18(23-22-16)20-14-5-3-4-13(19)11-14/h3-9,11H,2,10H2,1H3,(H2,20,21,23,24). The third kappa shape index (κ3) is 4.41. The van der Waals surface area contributed by atoms with E-state index in [1.807, 2.05) is 31.2 Å². The van der Waals surface area contributed by atoms with Gasteiger partial charge in [-0.15, -0.1) is 10.2 Å². The van der Waals surface area contributed by atoms with Crippen LogP contribution in [-0.2, 0) is 6.42 Å². The molecule has 6 nitrogen and oxygen atoms in total. The van der Waals surface area contributed by atoms with Gasteiger partial charge >= 0.3 is 0 Å². The number of ether oxygens (including phenoxy) is 1. The first-order valence-electron chi connectivity index (χ1n) is 7.84. The summed E-state index contributed by atoms with van der Waals surface area (Å²) in [6.45, 7) is 2.52. The maximum Gasteiger partial charge on any atom is 0.274 e. The van der Waals surface area contributed by atoms with Crippen LogP contribution in [0.4, 0.5) is 16.0 Å². The molecule has 0 saturated heterocycles. The van der Waals surface area contributed by atoms with Crippen LogP contribution in [0.25, 0.3) is 0 Å². The molecular formula is C18H17FN4O2. The molecule has 128 valence electrons. The zero-order valence-corrected chi connectivity index (χ0v) is 13.6. The lowest BCUT2D eigenvalue weighted by atomic mass is 10.1. The Morgan fingerprint density at radius 3 is 2.64 bits per heavy atom. The number of rotatable bonds is 6. The molecule has 0 radical (unpaired) electrons. The summed E-state index contributed by atoms with van der Waals surface area (Å²) < 4.78 is 18.6. The zero-order chi connectivity index (χ0) is 17.6. The highest BCUT2D eigenvalue weighted by molar-refractivity contribution is 5.52. The van der Waals surface area contributed by atoms with E-state index in [2.05, 4.69) is 20.5 Å². The Hall–Kier alpha value is -3.22. The maximum atomic E-state index is 13.2. The van der Waals surface area contributed by atoms with Crippen LogP contribution in [-0.4, -0.2) is 21.8 Å². The van der Waals surface area contributed by atoms with E-state index in [1.165, 1.54) is 12.1 Å². The predicted octanol–water partition coefficient (Wildman–Crippen LogP) is 3.04. The number of anilines is 2. The van der Waals surface area contributed by atoms with E-state index in [0.717, 1.165) is 11.3 Å². The average Bonchev–Trinajstić information content (AvgIpc) is 2.59.